The Morgan fingerprint density at radius 3 is 2.81 bits per heavy atom. The summed E-state index contributed by atoms with van der Waals surface area (Å²) in [6.07, 6.45) is 4.77. The second-order valence-electron chi connectivity index (χ2n) is 5.24. The van der Waals surface area contributed by atoms with Crippen LogP contribution >= 0.6 is 0 Å². The van der Waals surface area contributed by atoms with Gasteiger partial charge in [0, 0.05) is 30.6 Å². The van der Waals surface area contributed by atoms with Crippen LogP contribution in [0, 0.1) is 0 Å². The van der Waals surface area contributed by atoms with E-state index in [0.717, 1.165) is 30.0 Å². The molecule has 1 aromatic carbocycles. The predicted molar refractivity (Wildman–Crippen MR) is 83.1 cm³/mol. The van der Waals surface area contributed by atoms with Gasteiger partial charge in [0.05, 0.1) is 11.7 Å². The molecule has 21 heavy (non-hydrogen) atoms. The number of anilines is 1. The van der Waals surface area contributed by atoms with Crippen LogP contribution in [0.25, 0.3) is 11.3 Å². The second kappa shape index (κ2) is 5.05. The van der Waals surface area contributed by atoms with E-state index >= 15 is 0 Å². The van der Waals surface area contributed by atoms with Crippen LogP contribution in [0.2, 0.25) is 0 Å². The summed E-state index contributed by atoms with van der Waals surface area (Å²) in [5, 5.41) is 8.24. The van der Waals surface area contributed by atoms with Crippen molar-refractivity contribution in [2.45, 2.75) is 12.5 Å². The van der Waals surface area contributed by atoms with Gasteiger partial charge >= 0.3 is 0 Å². The minimum absolute atomic E-state index is 0.257. The molecule has 1 aliphatic heterocycles. The lowest BCUT2D eigenvalue weighted by atomic mass is 10.0. The van der Waals surface area contributed by atoms with Crippen molar-refractivity contribution in [3.63, 3.8) is 0 Å². The Morgan fingerprint density at radius 2 is 2.00 bits per heavy atom. The zero-order chi connectivity index (χ0) is 14.1. The molecule has 0 saturated heterocycles. The fourth-order valence-corrected chi connectivity index (χ4v) is 2.85. The molecule has 3 heterocycles. The molecular formula is C17H16N4. The molecule has 1 unspecified atom stereocenters. The zero-order valence-electron chi connectivity index (χ0n) is 11.6. The average Bonchev–Trinajstić information content (AvgIpc) is 3.00. The van der Waals surface area contributed by atoms with E-state index in [1.165, 1.54) is 5.56 Å². The number of aromatic nitrogens is 3. The van der Waals surface area contributed by atoms with Crippen LogP contribution in [0.15, 0.2) is 60.9 Å². The summed E-state index contributed by atoms with van der Waals surface area (Å²) < 4.78 is 2.09. The molecule has 0 spiro atoms. The maximum absolute atomic E-state index is 4.81. The maximum atomic E-state index is 4.81. The molecule has 0 aliphatic carbocycles. The summed E-state index contributed by atoms with van der Waals surface area (Å²) in [6.45, 7) is 0.958. The molecule has 0 amide bonds. The smallest absolute Gasteiger partial charge is 0.125 e. The highest BCUT2D eigenvalue weighted by Crippen LogP contribution is 2.32. The van der Waals surface area contributed by atoms with E-state index in [4.69, 9.17) is 5.10 Å². The number of nitrogens with one attached hydrogen (secondary N) is 1. The molecule has 1 aliphatic rings. The van der Waals surface area contributed by atoms with Crippen molar-refractivity contribution in [2.24, 2.45) is 0 Å². The largest absolute Gasteiger partial charge is 0.370 e. The average molecular weight is 276 g/mol. The van der Waals surface area contributed by atoms with E-state index in [1.54, 1.807) is 0 Å². The molecule has 1 atom stereocenters. The summed E-state index contributed by atoms with van der Waals surface area (Å²) in [7, 11) is 0. The van der Waals surface area contributed by atoms with Crippen LogP contribution in [-0.4, -0.2) is 21.3 Å². The molecule has 1 N–H and O–H groups in total. The predicted octanol–water partition coefficient (Wildman–Crippen LogP) is 3.35. The number of nitrogens with zero attached hydrogens (tertiary/aromatic N) is 3. The van der Waals surface area contributed by atoms with E-state index in [1.807, 2.05) is 36.7 Å². The number of benzene rings is 1. The normalized spacial score (nSPS) is 17.0. The zero-order valence-corrected chi connectivity index (χ0v) is 11.6. The number of pyridine rings is 1. The molecule has 0 fully saturated rings. The van der Waals surface area contributed by atoms with E-state index < -0.39 is 0 Å². The fraction of sp³-hybridized carbons (Fsp3) is 0.176. The first-order chi connectivity index (χ1) is 10.4. The van der Waals surface area contributed by atoms with Crippen LogP contribution < -0.4 is 5.32 Å². The van der Waals surface area contributed by atoms with Gasteiger partial charge in [-0.05, 0) is 18.1 Å². The van der Waals surface area contributed by atoms with Crippen molar-refractivity contribution in [1.82, 2.24) is 14.8 Å². The topological polar surface area (TPSA) is 42.7 Å². The van der Waals surface area contributed by atoms with Gasteiger partial charge in [0.15, 0.2) is 0 Å². The molecule has 104 valence electrons. The fourth-order valence-electron chi connectivity index (χ4n) is 2.85. The third-order valence-corrected chi connectivity index (χ3v) is 3.89. The highest BCUT2D eigenvalue weighted by molar-refractivity contribution is 5.63. The molecule has 3 aromatic rings. The first-order valence-electron chi connectivity index (χ1n) is 7.20. The summed E-state index contributed by atoms with van der Waals surface area (Å²) in [5.41, 5.74) is 3.36. The number of hydrogen-bond acceptors (Lipinski definition) is 3. The maximum Gasteiger partial charge on any atom is 0.125 e. The Bertz CT molecular complexity index is 734. The lowest BCUT2D eigenvalue weighted by Crippen LogP contribution is -2.24. The standard InChI is InChI=1S/C17H16N4/c1-2-5-13(6-3-1)15-11-17-19-10-8-16(21(17)20-15)14-7-4-9-18-12-14/h1-7,9,11-12,16,19H,8,10H2. The summed E-state index contributed by atoms with van der Waals surface area (Å²) in [4.78, 5) is 4.24. The number of fused-ring (bicyclic) bond motifs is 1. The van der Waals surface area contributed by atoms with E-state index in [0.29, 0.717) is 0 Å². The van der Waals surface area contributed by atoms with Crippen molar-refractivity contribution in [1.29, 1.82) is 0 Å². The SMILES string of the molecule is c1ccc(-c2cc3n(n2)C(c2cccnc2)CCN3)cc1. The molecule has 0 bridgehead atoms. The first-order valence-corrected chi connectivity index (χ1v) is 7.20. The third-order valence-electron chi connectivity index (χ3n) is 3.89. The van der Waals surface area contributed by atoms with Gasteiger partial charge in [-0.25, -0.2) is 4.68 Å². The molecule has 4 rings (SSSR count). The quantitative estimate of drug-likeness (QED) is 0.780. The Hall–Kier alpha value is -2.62. The van der Waals surface area contributed by atoms with Crippen molar-refractivity contribution >= 4 is 5.82 Å². The van der Waals surface area contributed by atoms with Gasteiger partial charge < -0.3 is 5.32 Å². The Kier molecular flexibility index (Phi) is 2.92. The molecule has 2 aromatic heterocycles. The van der Waals surface area contributed by atoms with Gasteiger partial charge in [-0.2, -0.15) is 5.10 Å². The molecule has 0 radical (unpaired) electrons. The highest BCUT2D eigenvalue weighted by Gasteiger charge is 2.23. The van der Waals surface area contributed by atoms with Gasteiger partial charge in [-0.15, -0.1) is 0 Å². The molecule has 4 nitrogen and oxygen atoms in total. The van der Waals surface area contributed by atoms with Crippen molar-refractivity contribution in [3.8, 4) is 11.3 Å². The Labute approximate surface area is 123 Å². The van der Waals surface area contributed by atoms with E-state index in [-0.39, 0.29) is 6.04 Å². The van der Waals surface area contributed by atoms with Crippen molar-refractivity contribution < 1.29 is 0 Å². The van der Waals surface area contributed by atoms with Crippen LogP contribution in [0.1, 0.15) is 18.0 Å². The van der Waals surface area contributed by atoms with Crippen molar-refractivity contribution in [3.05, 3.63) is 66.5 Å². The summed E-state index contributed by atoms with van der Waals surface area (Å²) in [5.74, 6) is 1.08. The van der Waals surface area contributed by atoms with Gasteiger partial charge in [-0.1, -0.05) is 36.4 Å². The summed E-state index contributed by atoms with van der Waals surface area (Å²) in [6, 6.07) is 16.8. The van der Waals surface area contributed by atoms with Gasteiger partial charge in [-0.3, -0.25) is 4.98 Å². The lowest BCUT2D eigenvalue weighted by molar-refractivity contribution is 0.482. The van der Waals surface area contributed by atoms with Gasteiger partial charge in [0.25, 0.3) is 0 Å². The van der Waals surface area contributed by atoms with Gasteiger partial charge in [0.1, 0.15) is 5.82 Å². The Balaban J connectivity index is 1.77. The Morgan fingerprint density at radius 1 is 1.10 bits per heavy atom. The van der Waals surface area contributed by atoms with E-state index in [9.17, 15) is 0 Å². The van der Waals surface area contributed by atoms with Crippen molar-refractivity contribution in [2.75, 3.05) is 11.9 Å². The molecular weight excluding hydrogens is 260 g/mol. The van der Waals surface area contributed by atoms with Crippen LogP contribution in [0.5, 0.6) is 0 Å². The van der Waals surface area contributed by atoms with Gasteiger partial charge in [0.2, 0.25) is 0 Å². The summed E-state index contributed by atoms with van der Waals surface area (Å²) >= 11 is 0. The third kappa shape index (κ3) is 2.18. The minimum atomic E-state index is 0.257. The monoisotopic (exact) mass is 276 g/mol. The first kappa shape index (κ1) is 12.1. The lowest BCUT2D eigenvalue weighted by Gasteiger charge is -2.25. The van der Waals surface area contributed by atoms with Crippen LogP contribution in [0.4, 0.5) is 5.82 Å². The van der Waals surface area contributed by atoms with Crippen LogP contribution in [0.3, 0.4) is 0 Å². The second-order valence-corrected chi connectivity index (χ2v) is 5.24. The number of hydrogen-bond donors (Lipinski definition) is 1. The number of rotatable bonds is 2. The minimum Gasteiger partial charge on any atom is -0.370 e. The van der Waals surface area contributed by atoms with E-state index in [2.05, 4.69) is 39.2 Å². The van der Waals surface area contributed by atoms with Crippen LogP contribution in [-0.2, 0) is 0 Å². The highest BCUT2D eigenvalue weighted by atomic mass is 15.4. The molecule has 4 heteroatoms. The molecule has 0 saturated carbocycles.